The van der Waals surface area contributed by atoms with Crippen LogP contribution in [0.1, 0.15) is 50.4 Å². The van der Waals surface area contributed by atoms with Gasteiger partial charge in [-0.05, 0) is 70.2 Å². The molecular formula is C20H24N2O2. The second-order valence-corrected chi connectivity index (χ2v) is 8.05. The molecule has 0 radical (unpaired) electrons. The standard InChI is InChI=1S/C20H24N2O2/c1-20(2,3)24-19(23)16-8-9-21-18-7-6-15(11-17(16)18)22-12-13-4-5-14(22)10-13/h6-9,11,13-14H,4-5,10,12H2,1-3H3/t13-,14+/m0/s1. The summed E-state index contributed by atoms with van der Waals surface area (Å²) in [6.45, 7) is 6.81. The Morgan fingerprint density at radius 3 is 2.75 bits per heavy atom. The van der Waals surface area contributed by atoms with Crippen molar-refractivity contribution in [1.82, 2.24) is 4.98 Å². The van der Waals surface area contributed by atoms with Crippen molar-refractivity contribution < 1.29 is 9.53 Å². The van der Waals surface area contributed by atoms with Gasteiger partial charge in [0.2, 0.25) is 0 Å². The second-order valence-electron chi connectivity index (χ2n) is 8.05. The first-order valence-electron chi connectivity index (χ1n) is 8.79. The first-order valence-corrected chi connectivity index (χ1v) is 8.79. The number of esters is 1. The van der Waals surface area contributed by atoms with E-state index in [-0.39, 0.29) is 5.97 Å². The normalized spacial score (nSPS) is 23.0. The molecule has 2 heterocycles. The molecule has 1 saturated heterocycles. The summed E-state index contributed by atoms with van der Waals surface area (Å²) in [5.74, 6) is 0.555. The largest absolute Gasteiger partial charge is 0.456 e. The van der Waals surface area contributed by atoms with E-state index in [0.29, 0.717) is 11.6 Å². The van der Waals surface area contributed by atoms with Crippen LogP contribution in [0.3, 0.4) is 0 Å². The quantitative estimate of drug-likeness (QED) is 0.777. The number of aromatic nitrogens is 1. The number of pyridine rings is 1. The molecule has 4 heteroatoms. The number of anilines is 1. The number of piperidine rings is 1. The first-order chi connectivity index (χ1) is 11.4. The number of rotatable bonds is 2. The number of fused-ring (bicyclic) bond motifs is 3. The smallest absolute Gasteiger partial charge is 0.339 e. The van der Waals surface area contributed by atoms with E-state index >= 15 is 0 Å². The van der Waals surface area contributed by atoms with Crippen LogP contribution in [0.5, 0.6) is 0 Å². The minimum atomic E-state index is -0.502. The zero-order valence-electron chi connectivity index (χ0n) is 14.6. The molecule has 0 unspecified atom stereocenters. The van der Waals surface area contributed by atoms with E-state index in [1.807, 2.05) is 26.8 Å². The van der Waals surface area contributed by atoms with Gasteiger partial charge >= 0.3 is 5.97 Å². The van der Waals surface area contributed by atoms with Crippen LogP contribution in [-0.2, 0) is 4.74 Å². The van der Waals surface area contributed by atoms with Gasteiger partial charge in [0.25, 0.3) is 0 Å². The minimum absolute atomic E-state index is 0.282. The van der Waals surface area contributed by atoms with E-state index in [2.05, 4.69) is 22.0 Å². The Kier molecular flexibility index (Phi) is 3.52. The Hall–Kier alpha value is -2.10. The van der Waals surface area contributed by atoms with Crippen molar-refractivity contribution in [2.24, 2.45) is 5.92 Å². The summed E-state index contributed by atoms with van der Waals surface area (Å²) in [7, 11) is 0. The van der Waals surface area contributed by atoms with E-state index < -0.39 is 5.60 Å². The van der Waals surface area contributed by atoms with E-state index in [1.165, 1.54) is 24.9 Å². The number of hydrogen-bond acceptors (Lipinski definition) is 4. The highest BCUT2D eigenvalue weighted by Gasteiger charge is 2.37. The highest BCUT2D eigenvalue weighted by Crippen LogP contribution is 2.40. The van der Waals surface area contributed by atoms with Crippen LogP contribution in [0, 0.1) is 5.92 Å². The Morgan fingerprint density at radius 1 is 1.25 bits per heavy atom. The maximum absolute atomic E-state index is 12.6. The third kappa shape index (κ3) is 2.74. The highest BCUT2D eigenvalue weighted by atomic mass is 16.6. The van der Waals surface area contributed by atoms with Crippen LogP contribution >= 0.6 is 0 Å². The summed E-state index contributed by atoms with van der Waals surface area (Å²) in [5, 5.41) is 0.882. The molecule has 1 aromatic carbocycles. The molecule has 1 aromatic heterocycles. The predicted octanol–water partition coefficient (Wildman–Crippen LogP) is 4.18. The first kappa shape index (κ1) is 15.4. The Labute approximate surface area is 142 Å². The van der Waals surface area contributed by atoms with Gasteiger partial charge in [-0.25, -0.2) is 4.79 Å². The lowest BCUT2D eigenvalue weighted by Gasteiger charge is -2.29. The monoisotopic (exact) mass is 324 g/mol. The van der Waals surface area contributed by atoms with Crippen LogP contribution in [0.4, 0.5) is 5.69 Å². The Balaban J connectivity index is 1.72. The van der Waals surface area contributed by atoms with Gasteiger partial charge in [-0.3, -0.25) is 4.98 Å². The molecule has 24 heavy (non-hydrogen) atoms. The second kappa shape index (κ2) is 5.47. The Morgan fingerprint density at radius 2 is 2.08 bits per heavy atom. The lowest BCUT2D eigenvalue weighted by Crippen LogP contribution is -2.31. The van der Waals surface area contributed by atoms with E-state index in [9.17, 15) is 4.79 Å². The van der Waals surface area contributed by atoms with E-state index in [0.717, 1.165) is 23.4 Å². The number of ether oxygens (including phenoxy) is 1. The molecule has 4 nitrogen and oxygen atoms in total. The molecular weight excluding hydrogens is 300 g/mol. The van der Waals surface area contributed by atoms with Gasteiger partial charge in [-0.15, -0.1) is 0 Å². The summed E-state index contributed by atoms with van der Waals surface area (Å²) in [4.78, 5) is 19.5. The van der Waals surface area contributed by atoms with Gasteiger partial charge in [0.15, 0.2) is 0 Å². The molecule has 2 atom stereocenters. The average Bonchev–Trinajstić information content (AvgIpc) is 3.15. The maximum atomic E-state index is 12.6. The molecule has 2 aromatic rings. The van der Waals surface area contributed by atoms with Crippen LogP contribution < -0.4 is 4.90 Å². The summed E-state index contributed by atoms with van der Waals surface area (Å²) >= 11 is 0. The molecule has 2 fully saturated rings. The topological polar surface area (TPSA) is 42.4 Å². The summed E-state index contributed by atoms with van der Waals surface area (Å²) in [6.07, 6.45) is 5.64. The molecule has 0 spiro atoms. The fraction of sp³-hybridized carbons (Fsp3) is 0.500. The van der Waals surface area contributed by atoms with Crippen molar-refractivity contribution in [2.45, 2.75) is 51.7 Å². The molecule has 0 N–H and O–H groups in total. The third-order valence-corrected chi connectivity index (χ3v) is 5.08. The molecule has 0 amide bonds. The lowest BCUT2D eigenvalue weighted by atomic mass is 10.1. The molecule has 2 aliphatic rings. The van der Waals surface area contributed by atoms with Crippen molar-refractivity contribution >= 4 is 22.6 Å². The lowest BCUT2D eigenvalue weighted by molar-refractivity contribution is 0.00718. The maximum Gasteiger partial charge on any atom is 0.339 e. The van der Waals surface area contributed by atoms with Crippen molar-refractivity contribution in [1.29, 1.82) is 0 Å². The van der Waals surface area contributed by atoms with Crippen LogP contribution in [0.15, 0.2) is 30.5 Å². The summed E-state index contributed by atoms with van der Waals surface area (Å²) in [5.41, 5.74) is 2.14. The summed E-state index contributed by atoms with van der Waals surface area (Å²) in [6, 6.07) is 8.69. The van der Waals surface area contributed by atoms with Gasteiger partial charge in [0.05, 0.1) is 11.1 Å². The fourth-order valence-electron chi connectivity index (χ4n) is 4.06. The van der Waals surface area contributed by atoms with Crippen molar-refractivity contribution in [3.8, 4) is 0 Å². The number of carbonyl (C=O) groups excluding carboxylic acids is 1. The number of hydrogen-bond donors (Lipinski definition) is 0. The van der Waals surface area contributed by atoms with Crippen LogP contribution in [0.25, 0.3) is 10.9 Å². The zero-order chi connectivity index (χ0) is 16.9. The molecule has 4 rings (SSSR count). The van der Waals surface area contributed by atoms with Gasteiger partial charge < -0.3 is 9.64 Å². The van der Waals surface area contributed by atoms with Gasteiger partial charge in [0, 0.05) is 29.9 Å². The van der Waals surface area contributed by atoms with Gasteiger partial charge in [0.1, 0.15) is 5.60 Å². The van der Waals surface area contributed by atoms with Crippen molar-refractivity contribution in [3.05, 3.63) is 36.0 Å². The molecule has 1 saturated carbocycles. The molecule has 1 aliphatic carbocycles. The number of benzene rings is 1. The molecule has 1 aliphatic heterocycles. The zero-order valence-corrected chi connectivity index (χ0v) is 14.6. The number of nitrogens with zero attached hydrogens (tertiary/aromatic N) is 2. The third-order valence-electron chi connectivity index (χ3n) is 5.08. The summed E-state index contributed by atoms with van der Waals surface area (Å²) < 4.78 is 5.57. The Bertz CT molecular complexity index is 794. The van der Waals surface area contributed by atoms with Crippen LogP contribution in [0.2, 0.25) is 0 Å². The molecule has 2 bridgehead atoms. The van der Waals surface area contributed by atoms with Crippen LogP contribution in [-0.4, -0.2) is 29.1 Å². The van der Waals surface area contributed by atoms with Crippen molar-refractivity contribution in [3.63, 3.8) is 0 Å². The average molecular weight is 324 g/mol. The molecule has 126 valence electrons. The van der Waals surface area contributed by atoms with Crippen molar-refractivity contribution in [2.75, 3.05) is 11.4 Å². The highest BCUT2D eigenvalue weighted by molar-refractivity contribution is 6.04. The predicted molar refractivity (Wildman–Crippen MR) is 95.4 cm³/mol. The van der Waals surface area contributed by atoms with Gasteiger partial charge in [-0.2, -0.15) is 0 Å². The fourth-order valence-corrected chi connectivity index (χ4v) is 4.06. The number of carbonyl (C=O) groups is 1. The van der Waals surface area contributed by atoms with E-state index in [1.54, 1.807) is 12.3 Å². The van der Waals surface area contributed by atoms with E-state index in [4.69, 9.17) is 4.74 Å². The van der Waals surface area contributed by atoms with Gasteiger partial charge in [-0.1, -0.05) is 0 Å². The SMILES string of the molecule is CC(C)(C)OC(=O)c1ccnc2ccc(N3C[C@H]4CC[C@@H]3C4)cc12. The minimum Gasteiger partial charge on any atom is -0.456 e.